The van der Waals surface area contributed by atoms with Crippen molar-refractivity contribution in [2.24, 2.45) is 0 Å². The highest BCUT2D eigenvalue weighted by atomic mass is 35.5. The zero-order valence-corrected chi connectivity index (χ0v) is 26.0. The molecule has 0 atom stereocenters. The third-order valence-corrected chi connectivity index (χ3v) is 11.0. The first-order valence-corrected chi connectivity index (χ1v) is 16.7. The number of allylic oxidation sites excluding steroid dienone is 5. The van der Waals surface area contributed by atoms with E-state index < -0.39 is 33.4 Å². The Bertz CT molecular complexity index is 1860. The largest absolute Gasteiger partial charge is 0.488 e. The fraction of sp³-hybridized carbons (Fsp3) is 0.344. The number of carboxylic acids is 1. The van der Waals surface area contributed by atoms with Gasteiger partial charge in [0.25, 0.3) is 0 Å². The second-order valence-corrected chi connectivity index (χ2v) is 14.0. The number of alkyl halides is 3. The van der Waals surface area contributed by atoms with Crippen LogP contribution in [0.1, 0.15) is 70.9 Å². The molecule has 0 amide bonds. The highest BCUT2D eigenvalue weighted by Gasteiger charge is 2.42. The number of carboxylic acid groups (broad SMARTS) is 1. The fourth-order valence-electron chi connectivity index (χ4n) is 5.71. The Hall–Kier alpha value is -3.94. The average molecular weight is 675 g/mol. The summed E-state index contributed by atoms with van der Waals surface area (Å²) in [6.07, 6.45) is 6.39. The third-order valence-electron chi connectivity index (χ3n) is 8.29. The lowest BCUT2D eigenvalue weighted by Crippen LogP contribution is -2.39. The first-order chi connectivity index (χ1) is 21.9. The second-order valence-electron chi connectivity index (χ2n) is 11.4. The van der Waals surface area contributed by atoms with Crippen molar-refractivity contribution in [3.8, 4) is 5.82 Å². The summed E-state index contributed by atoms with van der Waals surface area (Å²) in [5, 5.41) is 13.3. The van der Waals surface area contributed by atoms with Gasteiger partial charge in [0.1, 0.15) is 17.9 Å². The first kappa shape index (κ1) is 32.0. The number of halogens is 4. The van der Waals surface area contributed by atoms with Gasteiger partial charge in [-0.05, 0) is 73.9 Å². The van der Waals surface area contributed by atoms with Gasteiger partial charge in [0.15, 0.2) is 11.5 Å². The molecule has 14 heteroatoms. The molecule has 1 saturated heterocycles. The summed E-state index contributed by atoms with van der Waals surface area (Å²) >= 11 is 6.68. The van der Waals surface area contributed by atoms with Crippen LogP contribution < -0.4 is 0 Å². The number of hydrogen-bond donors (Lipinski definition) is 1. The summed E-state index contributed by atoms with van der Waals surface area (Å²) in [5.74, 6) is -1.32. The van der Waals surface area contributed by atoms with Gasteiger partial charge >= 0.3 is 12.1 Å². The maximum atomic E-state index is 13.8. The summed E-state index contributed by atoms with van der Waals surface area (Å²) < 4.78 is 75.0. The highest BCUT2D eigenvalue weighted by molar-refractivity contribution is 7.90. The van der Waals surface area contributed by atoms with E-state index in [2.05, 4.69) is 10.1 Å². The molecule has 0 spiro atoms. The lowest BCUT2D eigenvalue weighted by atomic mass is 9.90. The Labute approximate surface area is 268 Å². The van der Waals surface area contributed by atoms with Crippen molar-refractivity contribution in [3.63, 3.8) is 0 Å². The summed E-state index contributed by atoms with van der Waals surface area (Å²) in [6.45, 7) is 1.10. The number of rotatable bonds is 9. The van der Waals surface area contributed by atoms with Crippen LogP contribution in [0, 0.1) is 0 Å². The zero-order chi connectivity index (χ0) is 32.6. The number of aromatic nitrogens is 3. The number of pyridine rings is 1. The van der Waals surface area contributed by atoms with E-state index in [9.17, 15) is 31.5 Å². The molecule has 1 aliphatic heterocycles. The standard InChI is InChI=1S/C32H30ClF3N4O5S/c33-26-17-21(20-13-15-39(16-14-20)46(43,44)23-11-12-23)9-10-22(26)19-45-28-7-3-1-2-5-24(28)27-6-4-8-29(38-27)40-30(32(34,35)36)25(18-37-40)31(41)42/h1-2,4-10,17-18,20,23H,3,11-16,19H2,(H,41,42). The number of benzene rings is 1. The van der Waals surface area contributed by atoms with E-state index >= 15 is 0 Å². The van der Waals surface area contributed by atoms with Gasteiger partial charge in [-0.2, -0.15) is 18.3 Å². The van der Waals surface area contributed by atoms with Gasteiger partial charge in [-0.25, -0.2) is 27.2 Å². The Morgan fingerprint density at radius 1 is 1.11 bits per heavy atom. The van der Waals surface area contributed by atoms with E-state index in [0.29, 0.717) is 52.4 Å². The maximum absolute atomic E-state index is 13.8. The van der Waals surface area contributed by atoms with E-state index in [0.717, 1.165) is 36.8 Å². The molecule has 3 aliphatic rings. The molecule has 2 aromatic heterocycles. The Balaban J connectivity index is 1.17. The van der Waals surface area contributed by atoms with Crippen molar-refractivity contribution in [2.75, 3.05) is 13.1 Å². The van der Waals surface area contributed by atoms with Gasteiger partial charge in [0.05, 0.1) is 17.1 Å². The van der Waals surface area contributed by atoms with E-state index in [1.54, 1.807) is 22.5 Å². The molecule has 0 unspecified atom stereocenters. The number of aromatic carboxylic acids is 1. The molecule has 1 aromatic carbocycles. The summed E-state index contributed by atoms with van der Waals surface area (Å²) in [6, 6.07) is 10.2. The van der Waals surface area contributed by atoms with Crippen LogP contribution in [0.3, 0.4) is 0 Å². The predicted molar refractivity (Wildman–Crippen MR) is 165 cm³/mol. The minimum atomic E-state index is -4.98. The first-order valence-electron chi connectivity index (χ1n) is 14.8. The van der Waals surface area contributed by atoms with Gasteiger partial charge in [0.2, 0.25) is 10.0 Å². The average Bonchev–Trinajstić information content (AvgIpc) is 3.83. The molecule has 2 aliphatic carbocycles. The number of carbonyl (C=O) groups is 1. The lowest BCUT2D eigenvalue weighted by molar-refractivity contribution is -0.143. The monoisotopic (exact) mass is 674 g/mol. The van der Waals surface area contributed by atoms with Crippen molar-refractivity contribution >= 4 is 33.2 Å². The van der Waals surface area contributed by atoms with Crippen LogP contribution in [0.25, 0.3) is 11.4 Å². The predicted octanol–water partition coefficient (Wildman–Crippen LogP) is 6.75. The SMILES string of the molecule is O=C(O)c1cnn(-c2cccc(C3=CC=CCC=C3OCc3ccc(C4CCN(S(=O)(=O)C5CC5)CC4)cc3Cl)n2)c1C(F)(F)F. The summed E-state index contributed by atoms with van der Waals surface area (Å²) in [4.78, 5) is 15.8. The van der Waals surface area contributed by atoms with Crippen LogP contribution in [0.2, 0.25) is 5.02 Å². The van der Waals surface area contributed by atoms with Gasteiger partial charge in [-0.1, -0.05) is 42.0 Å². The van der Waals surface area contributed by atoms with Crippen LogP contribution in [-0.4, -0.2) is 56.9 Å². The molecule has 1 saturated carbocycles. The molecular formula is C32H30ClF3N4O5S. The van der Waals surface area contributed by atoms with E-state index in [4.69, 9.17) is 16.3 Å². The van der Waals surface area contributed by atoms with Crippen molar-refractivity contribution in [1.82, 2.24) is 19.1 Å². The third kappa shape index (κ3) is 6.62. The lowest BCUT2D eigenvalue weighted by Gasteiger charge is -2.31. The minimum absolute atomic E-state index is 0.111. The summed E-state index contributed by atoms with van der Waals surface area (Å²) in [5.41, 5.74) is 0.168. The number of piperidine rings is 1. The minimum Gasteiger partial charge on any atom is -0.488 e. The number of nitrogens with zero attached hydrogens (tertiary/aromatic N) is 4. The van der Waals surface area contributed by atoms with Crippen molar-refractivity contribution in [3.05, 3.63) is 106 Å². The molecule has 242 valence electrons. The van der Waals surface area contributed by atoms with Crippen LogP contribution >= 0.6 is 11.6 Å². The van der Waals surface area contributed by atoms with Gasteiger partial charge in [0, 0.05) is 29.2 Å². The molecule has 6 rings (SSSR count). The van der Waals surface area contributed by atoms with Crippen molar-refractivity contribution in [2.45, 2.75) is 56.1 Å². The smallest absolute Gasteiger partial charge is 0.434 e. The van der Waals surface area contributed by atoms with Crippen LogP contribution in [0.15, 0.2) is 72.7 Å². The molecule has 0 radical (unpaired) electrons. The molecule has 3 heterocycles. The Morgan fingerprint density at radius 3 is 2.54 bits per heavy atom. The number of sulfonamides is 1. The van der Waals surface area contributed by atoms with Gasteiger partial charge in [-0.3, -0.25) is 0 Å². The van der Waals surface area contributed by atoms with E-state index in [1.807, 2.05) is 30.4 Å². The van der Waals surface area contributed by atoms with E-state index in [-0.39, 0.29) is 23.6 Å². The molecule has 3 aromatic rings. The Kier molecular flexibility index (Phi) is 8.83. The van der Waals surface area contributed by atoms with Crippen LogP contribution in [0.4, 0.5) is 13.2 Å². The zero-order valence-electron chi connectivity index (χ0n) is 24.5. The molecule has 9 nitrogen and oxygen atoms in total. The number of hydrogen-bond acceptors (Lipinski definition) is 6. The summed E-state index contributed by atoms with van der Waals surface area (Å²) in [7, 11) is -3.18. The molecule has 46 heavy (non-hydrogen) atoms. The number of ether oxygens (including phenoxy) is 1. The molecule has 2 fully saturated rings. The van der Waals surface area contributed by atoms with E-state index in [1.165, 1.54) is 12.1 Å². The topological polar surface area (TPSA) is 115 Å². The molecular weight excluding hydrogens is 645 g/mol. The van der Waals surface area contributed by atoms with Crippen molar-refractivity contribution in [1.29, 1.82) is 0 Å². The van der Waals surface area contributed by atoms with Gasteiger partial charge in [-0.15, -0.1) is 0 Å². The highest BCUT2D eigenvalue weighted by Crippen LogP contribution is 2.37. The van der Waals surface area contributed by atoms with Crippen molar-refractivity contribution < 1.29 is 36.2 Å². The fourth-order valence-corrected chi connectivity index (χ4v) is 7.83. The van der Waals surface area contributed by atoms with Crippen LogP contribution in [-0.2, 0) is 27.5 Å². The molecule has 0 bridgehead atoms. The normalized spacial score (nSPS) is 18.2. The van der Waals surface area contributed by atoms with Gasteiger partial charge < -0.3 is 9.84 Å². The van der Waals surface area contributed by atoms with Crippen LogP contribution in [0.5, 0.6) is 0 Å². The molecule has 1 N–H and O–H groups in total. The quantitative estimate of drug-likeness (QED) is 0.267. The Morgan fingerprint density at radius 2 is 1.87 bits per heavy atom. The maximum Gasteiger partial charge on any atom is 0.434 e. The second kappa shape index (κ2) is 12.7.